The highest BCUT2D eigenvalue weighted by Crippen LogP contribution is 2.30. The van der Waals surface area contributed by atoms with Crippen molar-refractivity contribution in [3.05, 3.63) is 29.5 Å². The topological polar surface area (TPSA) is 34.4 Å². The second kappa shape index (κ2) is 4.06. The Morgan fingerprint density at radius 2 is 2.12 bits per heavy atom. The highest BCUT2D eigenvalue weighted by atomic mass is 32.2. The van der Waals surface area contributed by atoms with Crippen molar-refractivity contribution >= 4 is 23.6 Å². The molecular weight excluding hydrogens is 253 g/mol. The summed E-state index contributed by atoms with van der Waals surface area (Å²) >= 11 is 1.26. The van der Waals surface area contributed by atoms with Crippen LogP contribution in [0, 0.1) is 0 Å². The minimum Gasteiger partial charge on any atom is -0.298 e. The fourth-order valence-corrected chi connectivity index (χ4v) is 1.98. The Morgan fingerprint density at radius 3 is 2.65 bits per heavy atom. The summed E-state index contributed by atoms with van der Waals surface area (Å²) in [6.07, 6.45) is -2.27. The van der Waals surface area contributed by atoms with E-state index in [4.69, 9.17) is 0 Å². The van der Waals surface area contributed by atoms with Gasteiger partial charge in [0.2, 0.25) is 0 Å². The van der Waals surface area contributed by atoms with Crippen molar-refractivity contribution in [2.24, 2.45) is 0 Å². The highest BCUT2D eigenvalue weighted by molar-refractivity contribution is 7.98. The lowest BCUT2D eigenvalue weighted by molar-refractivity contribution is -0.141. The summed E-state index contributed by atoms with van der Waals surface area (Å²) in [4.78, 5) is 10.7. The van der Waals surface area contributed by atoms with Gasteiger partial charge in [0, 0.05) is 5.56 Å². The Morgan fingerprint density at radius 1 is 1.41 bits per heavy atom. The van der Waals surface area contributed by atoms with Gasteiger partial charge in [-0.1, -0.05) is 0 Å². The Kier molecular flexibility index (Phi) is 2.86. The first-order valence-corrected chi connectivity index (χ1v) is 5.79. The summed E-state index contributed by atoms with van der Waals surface area (Å²) < 4.78 is 38.7. The van der Waals surface area contributed by atoms with Crippen molar-refractivity contribution in [3.8, 4) is 0 Å². The molecule has 2 aromatic heterocycles. The van der Waals surface area contributed by atoms with Gasteiger partial charge in [-0.3, -0.25) is 4.79 Å². The number of rotatable bonds is 2. The zero-order chi connectivity index (χ0) is 12.6. The van der Waals surface area contributed by atoms with Gasteiger partial charge in [-0.2, -0.15) is 18.3 Å². The normalized spacial score (nSPS) is 12.0. The third-order valence-corrected chi connectivity index (χ3v) is 2.97. The third kappa shape index (κ3) is 2.02. The molecule has 0 aliphatic rings. The average Bonchev–Trinajstić information content (AvgIpc) is 2.72. The van der Waals surface area contributed by atoms with Gasteiger partial charge >= 0.3 is 6.18 Å². The van der Waals surface area contributed by atoms with Crippen LogP contribution in [0.5, 0.6) is 0 Å². The van der Waals surface area contributed by atoms with Crippen LogP contribution in [0.15, 0.2) is 23.2 Å². The Labute approximate surface area is 98.6 Å². The van der Waals surface area contributed by atoms with Crippen LogP contribution in [0.3, 0.4) is 0 Å². The van der Waals surface area contributed by atoms with Crippen molar-refractivity contribution in [3.63, 3.8) is 0 Å². The molecule has 0 saturated carbocycles. The van der Waals surface area contributed by atoms with Crippen molar-refractivity contribution < 1.29 is 18.0 Å². The standard InChI is InChI=1S/C10H7F3N2OS/c1-17-9-3-2-6(5-16)7-4-8(10(11,12)13)14-15(7)9/h2-5H,1H3. The first-order chi connectivity index (χ1) is 7.97. The first kappa shape index (κ1) is 12.0. The summed E-state index contributed by atoms with van der Waals surface area (Å²) in [6.45, 7) is 0. The number of carbonyl (C=O) groups is 1. The van der Waals surface area contributed by atoms with E-state index in [2.05, 4.69) is 5.10 Å². The fourth-order valence-electron chi connectivity index (χ4n) is 1.46. The van der Waals surface area contributed by atoms with Crippen LogP contribution in [0.25, 0.3) is 5.52 Å². The first-order valence-electron chi connectivity index (χ1n) is 4.56. The second-order valence-corrected chi connectivity index (χ2v) is 4.10. The number of fused-ring (bicyclic) bond motifs is 1. The minimum absolute atomic E-state index is 0.166. The predicted octanol–water partition coefficient (Wildman–Crippen LogP) is 2.89. The summed E-state index contributed by atoms with van der Waals surface area (Å²) in [5.74, 6) is 0. The number of aldehydes is 1. The molecule has 17 heavy (non-hydrogen) atoms. The van der Waals surface area contributed by atoms with E-state index in [9.17, 15) is 18.0 Å². The molecule has 0 aliphatic heterocycles. The molecule has 0 radical (unpaired) electrons. The van der Waals surface area contributed by atoms with Crippen molar-refractivity contribution in [1.29, 1.82) is 0 Å². The number of thioether (sulfide) groups is 1. The van der Waals surface area contributed by atoms with Gasteiger partial charge in [0.05, 0.1) is 10.5 Å². The largest absolute Gasteiger partial charge is 0.435 e. The number of aromatic nitrogens is 2. The molecular formula is C10H7F3N2OS. The van der Waals surface area contributed by atoms with Crippen LogP contribution in [-0.4, -0.2) is 22.2 Å². The smallest absolute Gasteiger partial charge is 0.298 e. The van der Waals surface area contributed by atoms with Crippen molar-refractivity contribution in [2.45, 2.75) is 11.2 Å². The third-order valence-electron chi connectivity index (χ3n) is 2.25. The Balaban J connectivity index is 2.77. The molecule has 2 heterocycles. The maximum Gasteiger partial charge on any atom is 0.435 e. The maximum absolute atomic E-state index is 12.5. The molecule has 0 aromatic carbocycles. The van der Waals surface area contributed by atoms with Crippen LogP contribution >= 0.6 is 11.8 Å². The van der Waals surface area contributed by atoms with E-state index in [1.54, 1.807) is 12.3 Å². The average molecular weight is 260 g/mol. The summed E-state index contributed by atoms with van der Waals surface area (Å²) in [5.41, 5.74) is -0.646. The number of nitrogens with zero attached hydrogens (tertiary/aromatic N) is 2. The lowest BCUT2D eigenvalue weighted by atomic mass is 10.2. The molecule has 3 nitrogen and oxygen atoms in total. The fraction of sp³-hybridized carbons (Fsp3) is 0.200. The zero-order valence-electron chi connectivity index (χ0n) is 8.65. The molecule has 7 heteroatoms. The van der Waals surface area contributed by atoms with Crippen molar-refractivity contribution in [2.75, 3.05) is 6.26 Å². The molecule has 0 atom stereocenters. The van der Waals surface area contributed by atoms with Gasteiger partial charge in [-0.15, -0.1) is 11.8 Å². The lowest BCUT2D eigenvalue weighted by Crippen LogP contribution is -2.06. The van der Waals surface area contributed by atoms with Gasteiger partial charge in [-0.05, 0) is 24.5 Å². The van der Waals surface area contributed by atoms with Gasteiger partial charge in [0.15, 0.2) is 12.0 Å². The molecule has 0 saturated heterocycles. The number of carbonyl (C=O) groups excluding carboxylic acids is 1. The van der Waals surface area contributed by atoms with Gasteiger partial charge in [0.1, 0.15) is 0 Å². The molecule has 0 fully saturated rings. The minimum atomic E-state index is -4.51. The van der Waals surface area contributed by atoms with E-state index in [1.807, 2.05) is 0 Å². The second-order valence-electron chi connectivity index (χ2n) is 3.27. The molecule has 0 spiro atoms. The maximum atomic E-state index is 12.5. The zero-order valence-corrected chi connectivity index (χ0v) is 9.47. The van der Waals surface area contributed by atoms with Crippen LogP contribution in [0.2, 0.25) is 0 Å². The van der Waals surface area contributed by atoms with E-state index in [1.165, 1.54) is 17.8 Å². The number of halogens is 3. The molecule has 2 rings (SSSR count). The van der Waals surface area contributed by atoms with Gasteiger partial charge < -0.3 is 0 Å². The number of alkyl halides is 3. The molecule has 0 unspecified atom stereocenters. The Hall–Kier alpha value is -1.50. The number of hydrogen-bond acceptors (Lipinski definition) is 3. The number of pyridine rings is 1. The summed E-state index contributed by atoms with van der Waals surface area (Å²) in [6, 6.07) is 3.92. The molecule has 0 N–H and O–H groups in total. The van der Waals surface area contributed by atoms with E-state index in [0.29, 0.717) is 11.3 Å². The van der Waals surface area contributed by atoms with Crippen LogP contribution in [0.4, 0.5) is 13.2 Å². The van der Waals surface area contributed by atoms with E-state index < -0.39 is 11.9 Å². The summed E-state index contributed by atoms with van der Waals surface area (Å²) in [5, 5.41) is 4.02. The van der Waals surface area contributed by atoms with Crippen LogP contribution in [-0.2, 0) is 6.18 Å². The Bertz CT molecular complexity index is 577. The predicted molar refractivity (Wildman–Crippen MR) is 57.4 cm³/mol. The monoisotopic (exact) mass is 260 g/mol. The van der Waals surface area contributed by atoms with Crippen LogP contribution in [0.1, 0.15) is 16.1 Å². The number of hydrogen-bond donors (Lipinski definition) is 0. The summed E-state index contributed by atoms with van der Waals surface area (Å²) in [7, 11) is 0. The molecule has 2 aromatic rings. The van der Waals surface area contributed by atoms with Crippen molar-refractivity contribution in [1.82, 2.24) is 9.61 Å². The van der Waals surface area contributed by atoms with Crippen LogP contribution < -0.4 is 0 Å². The van der Waals surface area contributed by atoms with E-state index in [0.717, 1.165) is 10.6 Å². The van der Waals surface area contributed by atoms with Gasteiger partial charge in [-0.25, -0.2) is 4.52 Å². The SMILES string of the molecule is CSc1ccc(C=O)c2cc(C(F)(F)F)nn12. The molecule has 0 amide bonds. The van der Waals surface area contributed by atoms with E-state index >= 15 is 0 Å². The quantitative estimate of drug-likeness (QED) is 0.615. The molecule has 0 aliphatic carbocycles. The van der Waals surface area contributed by atoms with Gasteiger partial charge in [0.25, 0.3) is 0 Å². The molecule has 0 bridgehead atoms. The van der Waals surface area contributed by atoms with E-state index in [-0.39, 0.29) is 11.1 Å². The highest BCUT2D eigenvalue weighted by Gasteiger charge is 2.34. The lowest BCUT2D eigenvalue weighted by Gasteiger charge is -2.02. The molecule has 90 valence electrons.